The molecule has 28 heavy (non-hydrogen) atoms. The number of hydrogen-bond donors (Lipinski definition) is 2. The summed E-state index contributed by atoms with van der Waals surface area (Å²) in [5.74, 6) is -1.53. The number of benzene rings is 2. The van der Waals surface area contributed by atoms with E-state index in [0.29, 0.717) is 16.1 Å². The molecule has 1 unspecified atom stereocenters. The maximum atomic E-state index is 12.6. The molecular weight excluding hydrogens is 397 g/mol. The lowest BCUT2D eigenvalue weighted by molar-refractivity contribution is -0.274. The van der Waals surface area contributed by atoms with Gasteiger partial charge in [0.1, 0.15) is 5.75 Å². The van der Waals surface area contributed by atoms with E-state index in [9.17, 15) is 22.8 Å². The molecular formula is C19H16ClF3N2O3. The van der Waals surface area contributed by atoms with Crippen LogP contribution in [0.1, 0.15) is 23.6 Å². The number of carbonyl (C=O) groups is 2. The Morgan fingerprint density at radius 1 is 1.18 bits per heavy atom. The van der Waals surface area contributed by atoms with Gasteiger partial charge >= 0.3 is 6.36 Å². The summed E-state index contributed by atoms with van der Waals surface area (Å²) in [7, 11) is 0. The molecule has 1 saturated heterocycles. The van der Waals surface area contributed by atoms with Crippen molar-refractivity contribution in [1.29, 1.82) is 0 Å². The van der Waals surface area contributed by atoms with E-state index in [4.69, 9.17) is 11.6 Å². The van der Waals surface area contributed by atoms with E-state index in [1.807, 2.05) is 0 Å². The first-order valence-electron chi connectivity index (χ1n) is 8.39. The van der Waals surface area contributed by atoms with Gasteiger partial charge < -0.3 is 15.4 Å². The molecule has 1 heterocycles. The number of hydrogen-bond acceptors (Lipinski definition) is 3. The lowest BCUT2D eigenvalue weighted by Crippen LogP contribution is -2.35. The van der Waals surface area contributed by atoms with Gasteiger partial charge in [0.2, 0.25) is 11.8 Å². The Kier molecular flexibility index (Phi) is 5.79. The van der Waals surface area contributed by atoms with E-state index in [0.717, 1.165) is 0 Å². The van der Waals surface area contributed by atoms with E-state index in [2.05, 4.69) is 15.4 Å². The zero-order valence-corrected chi connectivity index (χ0v) is 15.2. The lowest BCUT2D eigenvalue weighted by atomic mass is 9.97. The number of nitrogens with one attached hydrogen (secondary N) is 2. The largest absolute Gasteiger partial charge is 0.573 e. The molecule has 0 aromatic heterocycles. The molecule has 0 bridgehead atoms. The van der Waals surface area contributed by atoms with E-state index >= 15 is 0 Å². The standard InChI is InChI=1S/C19H16ClF3N2O3/c20-14-6-4-11(5-7-14)17(25-18(27)13-9-16(26)24-10-13)12-2-1-3-15(8-12)28-19(21,22)23/h1-8,13,17H,9-10H2,(H,24,26)(H,25,27)/t13-,17?/m0/s1. The third-order valence-corrected chi connectivity index (χ3v) is 4.52. The van der Waals surface area contributed by atoms with Gasteiger partial charge in [-0.2, -0.15) is 0 Å². The molecule has 0 spiro atoms. The first-order chi connectivity index (χ1) is 13.2. The van der Waals surface area contributed by atoms with Crippen molar-refractivity contribution in [3.63, 3.8) is 0 Å². The Hall–Kier alpha value is -2.74. The van der Waals surface area contributed by atoms with Crippen LogP contribution in [0.15, 0.2) is 48.5 Å². The first kappa shape index (κ1) is 20.0. The minimum absolute atomic E-state index is 0.0659. The molecule has 1 fully saturated rings. The molecule has 9 heteroatoms. The van der Waals surface area contributed by atoms with Crippen LogP contribution in [0.25, 0.3) is 0 Å². The van der Waals surface area contributed by atoms with Gasteiger partial charge in [0.05, 0.1) is 12.0 Å². The summed E-state index contributed by atoms with van der Waals surface area (Å²) in [6.45, 7) is 0.217. The van der Waals surface area contributed by atoms with E-state index < -0.39 is 24.1 Å². The number of ether oxygens (including phenoxy) is 1. The molecule has 148 valence electrons. The lowest BCUT2D eigenvalue weighted by Gasteiger charge is -2.22. The average molecular weight is 413 g/mol. The molecule has 2 atom stereocenters. The van der Waals surface area contributed by atoms with Crippen LogP contribution < -0.4 is 15.4 Å². The molecule has 2 N–H and O–H groups in total. The molecule has 3 rings (SSSR count). The van der Waals surface area contributed by atoms with Crippen LogP contribution in [-0.4, -0.2) is 24.7 Å². The first-order valence-corrected chi connectivity index (χ1v) is 8.77. The predicted molar refractivity (Wildman–Crippen MR) is 95.7 cm³/mol. The molecule has 1 aliphatic heterocycles. The van der Waals surface area contributed by atoms with Crippen LogP contribution in [0, 0.1) is 5.92 Å². The predicted octanol–water partition coefficient (Wildman–Crippen LogP) is 3.58. The van der Waals surface area contributed by atoms with E-state index in [1.165, 1.54) is 18.2 Å². The number of alkyl halides is 3. The SMILES string of the molecule is O=C1C[C@H](C(=O)NC(c2ccc(Cl)cc2)c2cccc(OC(F)(F)F)c2)CN1. The number of halogens is 4. The Labute approximate surface area is 163 Å². The van der Waals surface area contributed by atoms with Crippen LogP contribution in [0.3, 0.4) is 0 Å². The monoisotopic (exact) mass is 412 g/mol. The molecule has 1 aliphatic rings. The topological polar surface area (TPSA) is 67.4 Å². The summed E-state index contributed by atoms with van der Waals surface area (Å²) < 4.78 is 41.6. The molecule has 2 aromatic rings. The van der Waals surface area contributed by atoms with Gasteiger partial charge in [-0.3, -0.25) is 9.59 Å². The highest BCUT2D eigenvalue weighted by Gasteiger charge is 2.32. The Morgan fingerprint density at radius 2 is 1.89 bits per heavy atom. The molecule has 0 radical (unpaired) electrons. The normalized spacial score (nSPS) is 17.7. The van der Waals surface area contributed by atoms with Crippen LogP contribution in [0.2, 0.25) is 5.02 Å². The second-order valence-corrected chi connectivity index (χ2v) is 6.76. The maximum absolute atomic E-state index is 12.6. The van der Waals surface area contributed by atoms with Crippen molar-refractivity contribution in [2.45, 2.75) is 18.8 Å². The number of amides is 2. The fourth-order valence-corrected chi connectivity index (χ4v) is 3.08. The van der Waals surface area contributed by atoms with Crippen LogP contribution >= 0.6 is 11.6 Å². The quantitative estimate of drug-likeness (QED) is 0.788. The molecule has 0 saturated carbocycles. The molecule has 5 nitrogen and oxygen atoms in total. The highest BCUT2D eigenvalue weighted by molar-refractivity contribution is 6.30. The van der Waals surface area contributed by atoms with Gasteiger partial charge in [-0.1, -0.05) is 35.9 Å². The second kappa shape index (κ2) is 8.10. The van der Waals surface area contributed by atoms with Crippen molar-refractivity contribution < 1.29 is 27.5 Å². The summed E-state index contributed by atoms with van der Waals surface area (Å²) >= 11 is 5.91. The Morgan fingerprint density at radius 3 is 2.50 bits per heavy atom. The van der Waals surface area contributed by atoms with Crippen molar-refractivity contribution in [3.8, 4) is 5.75 Å². The highest BCUT2D eigenvalue weighted by atomic mass is 35.5. The molecule has 0 aliphatic carbocycles. The number of rotatable bonds is 5. The maximum Gasteiger partial charge on any atom is 0.573 e. The Bertz CT molecular complexity index is 871. The zero-order valence-electron chi connectivity index (χ0n) is 14.4. The fourth-order valence-electron chi connectivity index (χ4n) is 2.96. The van der Waals surface area contributed by atoms with Crippen molar-refractivity contribution in [2.75, 3.05) is 6.54 Å². The summed E-state index contributed by atoms with van der Waals surface area (Å²) in [6.07, 6.45) is -4.76. The Balaban J connectivity index is 1.90. The molecule has 2 aromatic carbocycles. The fraction of sp³-hybridized carbons (Fsp3) is 0.263. The van der Waals surface area contributed by atoms with Gasteiger partial charge in [0.25, 0.3) is 0 Å². The number of carbonyl (C=O) groups excluding carboxylic acids is 2. The molecule has 2 amide bonds. The van der Waals surface area contributed by atoms with E-state index in [-0.39, 0.29) is 24.8 Å². The van der Waals surface area contributed by atoms with E-state index in [1.54, 1.807) is 30.3 Å². The van der Waals surface area contributed by atoms with Gasteiger partial charge in [0.15, 0.2) is 0 Å². The van der Waals surface area contributed by atoms with Gasteiger partial charge in [0, 0.05) is 18.0 Å². The third kappa shape index (κ3) is 5.16. The minimum atomic E-state index is -4.83. The zero-order chi connectivity index (χ0) is 20.3. The highest BCUT2D eigenvalue weighted by Crippen LogP contribution is 2.29. The van der Waals surface area contributed by atoms with Crippen molar-refractivity contribution in [1.82, 2.24) is 10.6 Å². The van der Waals surface area contributed by atoms with Crippen LogP contribution in [-0.2, 0) is 9.59 Å². The second-order valence-electron chi connectivity index (χ2n) is 6.32. The minimum Gasteiger partial charge on any atom is -0.406 e. The summed E-state index contributed by atoms with van der Waals surface area (Å²) in [5, 5.41) is 5.87. The van der Waals surface area contributed by atoms with Gasteiger partial charge in [-0.25, -0.2) is 0 Å². The van der Waals surface area contributed by atoms with Crippen molar-refractivity contribution in [3.05, 3.63) is 64.7 Å². The third-order valence-electron chi connectivity index (χ3n) is 4.26. The van der Waals surface area contributed by atoms with Crippen molar-refractivity contribution in [2.24, 2.45) is 5.92 Å². The van der Waals surface area contributed by atoms with Crippen LogP contribution in [0.5, 0.6) is 5.75 Å². The average Bonchev–Trinajstić information content (AvgIpc) is 3.06. The summed E-state index contributed by atoms with van der Waals surface area (Å²) in [4.78, 5) is 24.0. The van der Waals surface area contributed by atoms with Crippen LogP contribution in [0.4, 0.5) is 13.2 Å². The van der Waals surface area contributed by atoms with Gasteiger partial charge in [-0.15, -0.1) is 13.2 Å². The smallest absolute Gasteiger partial charge is 0.406 e. The van der Waals surface area contributed by atoms with Gasteiger partial charge in [-0.05, 0) is 35.4 Å². The summed E-state index contributed by atoms with van der Waals surface area (Å²) in [5.41, 5.74) is 1.02. The summed E-state index contributed by atoms with van der Waals surface area (Å²) in [6, 6.07) is 11.2. The van der Waals surface area contributed by atoms with Crippen molar-refractivity contribution >= 4 is 23.4 Å².